The summed E-state index contributed by atoms with van der Waals surface area (Å²) in [5, 5.41) is -0.218. The van der Waals surface area contributed by atoms with Gasteiger partial charge in [-0.1, -0.05) is 91.2 Å². The van der Waals surface area contributed by atoms with E-state index in [2.05, 4.69) is 27.7 Å². The van der Waals surface area contributed by atoms with Gasteiger partial charge in [0, 0.05) is 37.7 Å². The Morgan fingerprint density at radius 2 is 1.66 bits per heavy atom. The molecule has 2 rings (SSSR count). The largest absolute Gasteiger partial charge is 0.463 e. The van der Waals surface area contributed by atoms with Gasteiger partial charge in [-0.2, -0.15) is 0 Å². The van der Waals surface area contributed by atoms with Crippen molar-refractivity contribution in [2.24, 2.45) is 11.8 Å². The Bertz CT molecular complexity index is 941. The average Bonchev–Trinajstić information content (AvgIpc) is 3.27. The molecule has 1 saturated carbocycles. The van der Waals surface area contributed by atoms with E-state index in [0.717, 1.165) is 77.0 Å². The lowest BCUT2D eigenvalue weighted by Gasteiger charge is -2.40. The molecule has 1 aliphatic carbocycles. The molecule has 5 atom stereocenters. The van der Waals surface area contributed by atoms with Gasteiger partial charge in [-0.3, -0.25) is 9.59 Å². The van der Waals surface area contributed by atoms with Crippen molar-refractivity contribution in [2.45, 2.75) is 199 Å². The lowest BCUT2D eigenvalue weighted by atomic mass is 9.88. The number of carbonyl (C=O) groups excluding carboxylic acids is 2. The number of unbranched alkanes of at least 4 members (excludes halogenated alkanes) is 8. The number of rotatable bonds is 22. The fourth-order valence-corrected chi connectivity index (χ4v) is 7.54. The number of ketones is 1. The Labute approximate surface area is 286 Å². The third kappa shape index (κ3) is 15.1. The third-order valence-corrected chi connectivity index (χ3v) is 14.7. The molecule has 0 N–H and O–H groups in total. The topological polar surface area (TPSA) is 71.1 Å². The van der Waals surface area contributed by atoms with Gasteiger partial charge >= 0.3 is 5.97 Å². The van der Waals surface area contributed by atoms with Gasteiger partial charge in [-0.05, 0) is 70.5 Å². The summed E-state index contributed by atoms with van der Waals surface area (Å²) in [6.07, 6.45) is 14.2. The number of carbonyl (C=O) groups is 2. The van der Waals surface area contributed by atoms with Crippen molar-refractivity contribution >= 4 is 20.1 Å². The van der Waals surface area contributed by atoms with Crippen LogP contribution < -0.4 is 0 Å². The normalized spacial score (nSPS) is 23.6. The Morgan fingerprint density at radius 3 is 2.28 bits per heavy atom. The molecule has 0 aromatic heterocycles. The maximum absolute atomic E-state index is 15.9. The van der Waals surface area contributed by atoms with E-state index in [1.807, 2.05) is 33.0 Å². The van der Waals surface area contributed by atoms with Crippen LogP contribution in [0, 0.1) is 11.8 Å². The fourth-order valence-electron chi connectivity index (χ4n) is 6.31. The van der Waals surface area contributed by atoms with E-state index in [9.17, 15) is 9.59 Å². The van der Waals surface area contributed by atoms with Crippen LogP contribution in [-0.4, -0.2) is 57.2 Å². The van der Waals surface area contributed by atoms with Crippen molar-refractivity contribution in [3.63, 3.8) is 0 Å². The predicted molar refractivity (Wildman–Crippen MR) is 188 cm³/mol. The number of halogens is 2. The van der Waals surface area contributed by atoms with Gasteiger partial charge in [0.05, 0.1) is 12.2 Å². The summed E-state index contributed by atoms with van der Waals surface area (Å²) in [6, 6.07) is 0. The summed E-state index contributed by atoms with van der Waals surface area (Å²) in [5.74, 6) is -3.55. The molecule has 1 saturated heterocycles. The van der Waals surface area contributed by atoms with E-state index in [0.29, 0.717) is 25.9 Å². The van der Waals surface area contributed by atoms with Crippen molar-refractivity contribution in [2.75, 3.05) is 6.61 Å². The highest BCUT2D eigenvalue weighted by Crippen LogP contribution is 2.42. The first-order valence-corrected chi connectivity index (χ1v) is 21.7. The molecular weight excluding hydrogens is 618 g/mol. The average molecular weight is 687 g/mol. The van der Waals surface area contributed by atoms with Gasteiger partial charge in [-0.25, -0.2) is 8.78 Å². The molecule has 0 spiro atoms. The van der Waals surface area contributed by atoms with Crippen LogP contribution in [0.5, 0.6) is 0 Å². The molecule has 1 aliphatic heterocycles. The minimum absolute atomic E-state index is 0.0812. The van der Waals surface area contributed by atoms with E-state index >= 15 is 8.78 Å². The predicted octanol–water partition coefficient (Wildman–Crippen LogP) is 10.7. The van der Waals surface area contributed by atoms with Gasteiger partial charge in [-0.15, -0.1) is 0 Å². The summed E-state index contributed by atoms with van der Waals surface area (Å²) in [5.41, 5.74) is 0. The standard InChI is InChI=1S/C38H68F2O6Si/c1-9-10-11-19-26-38(39,40)34(46-47(7,8)37(4,5)6)25-24-31-30(32(41)28-33(31)45-36-23-18-20-27-43-36)21-16-14-12-13-15-17-22-35(42)44-29(2)3/h24-25,29-31,33-34,36H,9-23,26-28H2,1-8H3/b25-24+/t30?,31-,33?,34?,36?/m1/s1. The van der Waals surface area contributed by atoms with Crippen LogP contribution >= 0.6 is 0 Å². The molecule has 2 fully saturated rings. The van der Waals surface area contributed by atoms with Crippen LogP contribution in [0.15, 0.2) is 12.2 Å². The fraction of sp³-hybridized carbons (Fsp3) is 0.895. The molecule has 9 heteroatoms. The van der Waals surface area contributed by atoms with Gasteiger partial charge < -0.3 is 18.6 Å². The second kappa shape index (κ2) is 20.5. The number of Topliss-reactive ketones (excluding diaryl/α,β-unsaturated/α-hetero) is 1. The molecule has 0 bridgehead atoms. The second-order valence-electron chi connectivity index (χ2n) is 15.8. The van der Waals surface area contributed by atoms with Crippen molar-refractivity contribution in [1.82, 2.24) is 0 Å². The second-order valence-corrected chi connectivity index (χ2v) is 20.5. The summed E-state index contributed by atoms with van der Waals surface area (Å²) in [7, 11) is -2.52. The molecule has 274 valence electrons. The van der Waals surface area contributed by atoms with Gasteiger partial charge in [0.2, 0.25) is 0 Å². The number of ether oxygens (including phenoxy) is 3. The number of alkyl halides is 2. The molecule has 0 aromatic carbocycles. The van der Waals surface area contributed by atoms with E-state index < -0.39 is 20.3 Å². The SMILES string of the molecule is CCCCCCC(F)(F)C(/C=C/[C@H]1C(OC2CCCCO2)CC(=O)C1CCCCCCCCC(=O)OC(C)C)O[Si](C)(C)C(C)(C)C. The molecule has 47 heavy (non-hydrogen) atoms. The van der Waals surface area contributed by atoms with Crippen LogP contribution in [0.3, 0.4) is 0 Å². The van der Waals surface area contributed by atoms with E-state index in [1.165, 1.54) is 0 Å². The first-order valence-electron chi connectivity index (χ1n) is 18.8. The van der Waals surface area contributed by atoms with Gasteiger partial charge in [0.15, 0.2) is 14.6 Å². The van der Waals surface area contributed by atoms with E-state index in [4.69, 9.17) is 18.6 Å². The maximum Gasteiger partial charge on any atom is 0.306 e. The minimum atomic E-state index is -3.01. The Morgan fingerprint density at radius 1 is 1.00 bits per heavy atom. The third-order valence-electron chi connectivity index (χ3n) is 10.2. The zero-order chi connectivity index (χ0) is 35.1. The van der Waals surface area contributed by atoms with Crippen molar-refractivity contribution < 1.29 is 37.0 Å². The first-order chi connectivity index (χ1) is 22.1. The van der Waals surface area contributed by atoms with E-state index in [-0.39, 0.29) is 60.0 Å². The Kier molecular flexibility index (Phi) is 18.3. The highest BCUT2D eigenvalue weighted by atomic mass is 28.4. The number of hydrogen-bond donors (Lipinski definition) is 0. The summed E-state index contributed by atoms with van der Waals surface area (Å²) in [6.45, 7) is 16.7. The maximum atomic E-state index is 15.9. The van der Waals surface area contributed by atoms with Gasteiger partial charge in [0.25, 0.3) is 5.92 Å². The molecule has 0 radical (unpaired) electrons. The zero-order valence-corrected chi connectivity index (χ0v) is 32.1. The Hall–Kier alpha value is -1.16. The lowest BCUT2D eigenvalue weighted by Crippen LogP contribution is -2.48. The molecule has 1 heterocycles. The summed E-state index contributed by atoms with van der Waals surface area (Å²) in [4.78, 5) is 25.2. The molecule has 6 nitrogen and oxygen atoms in total. The smallest absolute Gasteiger partial charge is 0.306 e. The van der Waals surface area contributed by atoms with Gasteiger partial charge in [0.1, 0.15) is 11.9 Å². The quantitative estimate of drug-likeness (QED) is 0.0489. The number of esters is 1. The van der Waals surface area contributed by atoms with E-state index in [1.54, 1.807) is 6.08 Å². The lowest BCUT2D eigenvalue weighted by molar-refractivity contribution is -0.192. The number of hydrogen-bond acceptors (Lipinski definition) is 6. The molecule has 2 aliphatic rings. The van der Waals surface area contributed by atoms with Crippen molar-refractivity contribution in [3.8, 4) is 0 Å². The van der Waals surface area contributed by atoms with Crippen LogP contribution in [0.4, 0.5) is 8.78 Å². The molecule has 0 aromatic rings. The minimum Gasteiger partial charge on any atom is -0.463 e. The highest BCUT2D eigenvalue weighted by Gasteiger charge is 2.47. The molecule has 4 unspecified atom stereocenters. The first kappa shape index (κ1) is 42.0. The molecular formula is C38H68F2O6Si. The van der Waals surface area contributed by atoms with Crippen molar-refractivity contribution in [3.05, 3.63) is 12.2 Å². The summed E-state index contributed by atoms with van der Waals surface area (Å²) >= 11 is 0. The van der Waals surface area contributed by atoms with Crippen LogP contribution in [-0.2, 0) is 28.2 Å². The monoisotopic (exact) mass is 686 g/mol. The van der Waals surface area contributed by atoms with Crippen molar-refractivity contribution in [1.29, 1.82) is 0 Å². The van der Waals surface area contributed by atoms with Crippen LogP contribution in [0.1, 0.15) is 151 Å². The zero-order valence-electron chi connectivity index (χ0n) is 31.1. The van der Waals surface area contributed by atoms with Crippen LogP contribution in [0.25, 0.3) is 0 Å². The summed E-state index contributed by atoms with van der Waals surface area (Å²) < 4.78 is 55.7. The molecule has 0 amide bonds. The highest BCUT2D eigenvalue weighted by molar-refractivity contribution is 6.74. The Balaban J connectivity index is 2.14. The van der Waals surface area contributed by atoms with Crippen LogP contribution in [0.2, 0.25) is 18.1 Å².